The molecule has 4 heteroatoms. The minimum absolute atomic E-state index is 0.319. The Labute approximate surface area is 178 Å². The molecule has 0 aliphatic heterocycles. The van der Waals surface area contributed by atoms with Gasteiger partial charge in [0.15, 0.2) is 0 Å². The van der Waals surface area contributed by atoms with Gasteiger partial charge in [-0.2, -0.15) is 0 Å². The number of benzene rings is 1. The minimum Gasteiger partial charge on any atom is -0.494 e. The van der Waals surface area contributed by atoms with E-state index in [1.54, 1.807) is 6.07 Å². The van der Waals surface area contributed by atoms with Crippen molar-refractivity contribution in [1.29, 1.82) is 0 Å². The Hall–Kier alpha value is -1.71. The van der Waals surface area contributed by atoms with Crippen molar-refractivity contribution in [1.82, 2.24) is 0 Å². The molecule has 0 radical (unpaired) electrons. The standard InChI is InChI=1S/C25H42O4/c1-4-7-10-11-12-13-14-15-20-29-25(26)23-21-22(27-18-8-5-2)16-17-24(23)28-19-9-6-3/h16-17,21H,4-15,18-20H2,1-3H3. The summed E-state index contributed by atoms with van der Waals surface area (Å²) < 4.78 is 17.1. The fraction of sp³-hybridized carbons (Fsp3) is 0.720. The number of ether oxygens (including phenoxy) is 3. The van der Waals surface area contributed by atoms with Gasteiger partial charge in [-0.05, 0) is 37.5 Å². The van der Waals surface area contributed by atoms with Crippen molar-refractivity contribution in [2.45, 2.75) is 97.8 Å². The van der Waals surface area contributed by atoms with Gasteiger partial charge in [0.05, 0.1) is 19.8 Å². The summed E-state index contributed by atoms with van der Waals surface area (Å²) in [5.74, 6) is 0.961. The van der Waals surface area contributed by atoms with Crippen LogP contribution in [0.25, 0.3) is 0 Å². The third-order valence-corrected chi connectivity index (χ3v) is 4.92. The van der Waals surface area contributed by atoms with Crippen LogP contribution in [0, 0.1) is 0 Å². The zero-order chi connectivity index (χ0) is 21.2. The van der Waals surface area contributed by atoms with Gasteiger partial charge in [0.2, 0.25) is 0 Å². The van der Waals surface area contributed by atoms with Crippen molar-refractivity contribution in [2.75, 3.05) is 19.8 Å². The lowest BCUT2D eigenvalue weighted by Gasteiger charge is -2.13. The lowest BCUT2D eigenvalue weighted by molar-refractivity contribution is 0.0492. The van der Waals surface area contributed by atoms with E-state index in [4.69, 9.17) is 14.2 Å². The monoisotopic (exact) mass is 406 g/mol. The van der Waals surface area contributed by atoms with Crippen LogP contribution in [-0.2, 0) is 4.74 Å². The minimum atomic E-state index is -0.319. The molecule has 0 aliphatic rings. The Morgan fingerprint density at radius 1 is 0.690 bits per heavy atom. The molecular formula is C25H42O4. The lowest BCUT2D eigenvalue weighted by Crippen LogP contribution is -2.10. The van der Waals surface area contributed by atoms with Gasteiger partial charge in [0.1, 0.15) is 17.1 Å². The Morgan fingerprint density at radius 3 is 1.93 bits per heavy atom. The van der Waals surface area contributed by atoms with E-state index >= 15 is 0 Å². The van der Waals surface area contributed by atoms with Gasteiger partial charge in [-0.15, -0.1) is 0 Å². The molecule has 166 valence electrons. The summed E-state index contributed by atoms with van der Waals surface area (Å²) in [6.45, 7) is 8.20. The van der Waals surface area contributed by atoms with Crippen LogP contribution in [0.1, 0.15) is 108 Å². The molecule has 1 aromatic carbocycles. The second-order valence-corrected chi connectivity index (χ2v) is 7.67. The van der Waals surface area contributed by atoms with Crippen LogP contribution >= 0.6 is 0 Å². The van der Waals surface area contributed by atoms with Crippen molar-refractivity contribution < 1.29 is 19.0 Å². The number of carbonyl (C=O) groups is 1. The molecule has 0 saturated carbocycles. The van der Waals surface area contributed by atoms with E-state index in [1.165, 1.54) is 38.5 Å². The summed E-state index contributed by atoms with van der Waals surface area (Å²) in [4.78, 5) is 12.6. The molecule has 0 fully saturated rings. The predicted molar refractivity (Wildman–Crippen MR) is 120 cm³/mol. The molecule has 0 bridgehead atoms. The molecule has 0 spiro atoms. The molecule has 1 rings (SSSR count). The number of carbonyl (C=O) groups excluding carboxylic acids is 1. The van der Waals surface area contributed by atoms with Gasteiger partial charge in [0.25, 0.3) is 0 Å². The van der Waals surface area contributed by atoms with Gasteiger partial charge in [0, 0.05) is 0 Å². The van der Waals surface area contributed by atoms with Gasteiger partial charge in [-0.3, -0.25) is 0 Å². The van der Waals surface area contributed by atoms with Crippen LogP contribution in [0.15, 0.2) is 18.2 Å². The molecule has 0 N–H and O–H groups in total. The highest BCUT2D eigenvalue weighted by atomic mass is 16.5. The maximum absolute atomic E-state index is 12.6. The lowest BCUT2D eigenvalue weighted by atomic mass is 10.1. The highest BCUT2D eigenvalue weighted by molar-refractivity contribution is 5.93. The van der Waals surface area contributed by atoms with E-state index in [2.05, 4.69) is 20.8 Å². The first-order chi connectivity index (χ1) is 14.2. The number of rotatable bonds is 18. The Bertz CT molecular complexity index is 542. The summed E-state index contributed by atoms with van der Waals surface area (Å²) in [6.07, 6.45) is 13.9. The summed E-state index contributed by atoms with van der Waals surface area (Å²) >= 11 is 0. The molecule has 0 atom stereocenters. The van der Waals surface area contributed by atoms with E-state index in [9.17, 15) is 4.79 Å². The fourth-order valence-electron chi connectivity index (χ4n) is 3.02. The van der Waals surface area contributed by atoms with Gasteiger partial charge in [-0.1, -0.05) is 78.6 Å². The second kappa shape index (κ2) is 17.2. The zero-order valence-corrected chi connectivity index (χ0v) is 19.0. The van der Waals surface area contributed by atoms with Crippen LogP contribution in [0.3, 0.4) is 0 Å². The molecule has 4 nitrogen and oxygen atoms in total. The second-order valence-electron chi connectivity index (χ2n) is 7.67. The van der Waals surface area contributed by atoms with Gasteiger partial charge >= 0.3 is 5.97 Å². The van der Waals surface area contributed by atoms with Gasteiger partial charge < -0.3 is 14.2 Å². The van der Waals surface area contributed by atoms with Crippen LogP contribution in [0.5, 0.6) is 11.5 Å². The predicted octanol–water partition coefficient (Wildman–Crippen LogP) is 7.34. The zero-order valence-electron chi connectivity index (χ0n) is 19.0. The molecule has 0 unspecified atom stereocenters. The highest BCUT2D eigenvalue weighted by Crippen LogP contribution is 2.26. The van der Waals surface area contributed by atoms with E-state index < -0.39 is 0 Å². The first-order valence-electron chi connectivity index (χ1n) is 11.8. The molecule has 1 aromatic rings. The van der Waals surface area contributed by atoms with Crippen LogP contribution < -0.4 is 9.47 Å². The Morgan fingerprint density at radius 2 is 1.28 bits per heavy atom. The summed E-state index contributed by atoms with van der Waals surface area (Å²) in [7, 11) is 0. The molecule has 0 heterocycles. The number of hydrogen-bond acceptors (Lipinski definition) is 4. The quantitative estimate of drug-likeness (QED) is 0.189. The largest absolute Gasteiger partial charge is 0.494 e. The maximum Gasteiger partial charge on any atom is 0.342 e. The van der Waals surface area contributed by atoms with Crippen LogP contribution in [0.2, 0.25) is 0 Å². The molecule has 0 aliphatic carbocycles. The van der Waals surface area contributed by atoms with Crippen molar-refractivity contribution >= 4 is 5.97 Å². The van der Waals surface area contributed by atoms with Crippen LogP contribution in [0.4, 0.5) is 0 Å². The fourth-order valence-corrected chi connectivity index (χ4v) is 3.02. The summed E-state index contributed by atoms with van der Waals surface area (Å²) in [5.41, 5.74) is 0.467. The Kier molecular flexibility index (Phi) is 15.0. The normalized spacial score (nSPS) is 10.7. The molecular weight excluding hydrogens is 364 g/mol. The molecule has 0 saturated heterocycles. The van der Waals surface area contributed by atoms with Crippen molar-refractivity contribution in [3.8, 4) is 11.5 Å². The molecule has 0 aromatic heterocycles. The first-order valence-corrected chi connectivity index (χ1v) is 11.8. The van der Waals surface area contributed by atoms with Crippen molar-refractivity contribution in [2.24, 2.45) is 0 Å². The number of unbranched alkanes of at least 4 members (excludes halogenated alkanes) is 9. The first kappa shape index (κ1) is 25.3. The van der Waals surface area contributed by atoms with E-state index in [-0.39, 0.29) is 5.97 Å². The number of hydrogen-bond donors (Lipinski definition) is 0. The van der Waals surface area contributed by atoms with E-state index in [0.29, 0.717) is 36.9 Å². The Balaban J connectivity index is 2.48. The molecule has 0 amide bonds. The number of esters is 1. The SMILES string of the molecule is CCCCCCCCCCOC(=O)c1cc(OCCCC)ccc1OCCCC. The van der Waals surface area contributed by atoms with Crippen molar-refractivity contribution in [3.63, 3.8) is 0 Å². The average molecular weight is 407 g/mol. The smallest absolute Gasteiger partial charge is 0.342 e. The third-order valence-electron chi connectivity index (χ3n) is 4.92. The van der Waals surface area contributed by atoms with E-state index in [0.717, 1.165) is 38.5 Å². The van der Waals surface area contributed by atoms with Crippen LogP contribution in [-0.4, -0.2) is 25.8 Å². The van der Waals surface area contributed by atoms with Crippen molar-refractivity contribution in [3.05, 3.63) is 23.8 Å². The topological polar surface area (TPSA) is 44.8 Å². The summed E-state index contributed by atoms with van der Waals surface area (Å²) in [6, 6.07) is 5.45. The maximum atomic E-state index is 12.6. The van der Waals surface area contributed by atoms with Gasteiger partial charge in [-0.25, -0.2) is 4.79 Å². The third kappa shape index (κ3) is 11.8. The summed E-state index contributed by atoms with van der Waals surface area (Å²) in [5, 5.41) is 0. The average Bonchev–Trinajstić information content (AvgIpc) is 2.73. The van der Waals surface area contributed by atoms with E-state index in [1.807, 2.05) is 12.1 Å². The highest BCUT2D eigenvalue weighted by Gasteiger charge is 2.16. The molecule has 29 heavy (non-hydrogen) atoms.